The third kappa shape index (κ3) is 3.05. The predicted molar refractivity (Wildman–Crippen MR) is 86.5 cm³/mol. The van der Waals surface area contributed by atoms with Crippen LogP contribution in [-0.2, 0) is 5.41 Å². The summed E-state index contributed by atoms with van der Waals surface area (Å²) >= 11 is 0. The summed E-state index contributed by atoms with van der Waals surface area (Å²) in [7, 11) is 0. The largest absolute Gasteiger partial charge is 0.454 e. The molecular formula is C18H19FN2O3. The third-order valence-corrected chi connectivity index (χ3v) is 4.54. The van der Waals surface area contributed by atoms with Crippen molar-refractivity contribution < 1.29 is 19.1 Å². The maximum atomic E-state index is 13.7. The predicted octanol–water partition coefficient (Wildman–Crippen LogP) is 3.81. The van der Waals surface area contributed by atoms with Gasteiger partial charge in [-0.1, -0.05) is 31.2 Å². The smallest absolute Gasteiger partial charge is 0.338 e. The number of carbonyl (C=O) groups is 1. The Bertz CT molecular complexity index is 759. The van der Waals surface area contributed by atoms with Gasteiger partial charge < -0.3 is 10.5 Å². The number of carbonyl (C=O) groups excluding carboxylic acids is 1. The second-order valence-electron chi connectivity index (χ2n) is 6.37. The molecule has 0 radical (unpaired) electrons. The number of rotatable bonds is 4. The summed E-state index contributed by atoms with van der Waals surface area (Å²) in [5.41, 5.74) is 5.89. The van der Waals surface area contributed by atoms with Gasteiger partial charge in [-0.25, -0.2) is 14.2 Å². The number of amides is 2. The van der Waals surface area contributed by atoms with Gasteiger partial charge in [0.2, 0.25) is 0 Å². The van der Waals surface area contributed by atoms with Gasteiger partial charge >= 0.3 is 6.03 Å². The van der Waals surface area contributed by atoms with Gasteiger partial charge in [-0.2, -0.15) is 0 Å². The van der Waals surface area contributed by atoms with Crippen molar-refractivity contribution in [1.82, 2.24) is 5.06 Å². The second kappa shape index (κ2) is 6.13. The molecule has 2 aromatic rings. The fraction of sp³-hybridized carbons (Fsp3) is 0.278. The highest BCUT2D eigenvalue weighted by Gasteiger charge is 2.45. The highest BCUT2D eigenvalue weighted by Crippen LogP contribution is 2.46. The van der Waals surface area contributed by atoms with Gasteiger partial charge in [-0.05, 0) is 48.1 Å². The van der Waals surface area contributed by atoms with Crippen molar-refractivity contribution in [3.63, 3.8) is 0 Å². The van der Waals surface area contributed by atoms with Crippen LogP contribution >= 0.6 is 0 Å². The van der Waals surface area contributed by atoms with Crippen molar-refractivity contribution in [3.05, 3.63) is 59.9 Å². The molecule has 126 valence electrons. The van der Waals surface area contributed by atoms with Crippen LogP contribution in [0.25, 0.3) is 0 Å². The molecule has 1 aliphatic carbocycles. The van der Waals surface area contributed by atoms with E-state index in [9.17, 15) is 14.4 Å². The van der Waals surface area contributed by atoms with Crippen LogP contribution in [0.3, 0.4) is 0 Å². The standard InChI is InChI=1S/C18H19FN2O3/c1-18(10-13(11-18)21(23)17(20)22)12-5-4-6-14(9-12)24-16-8-3-2-7-15(16)19/h2-9,13,23H,10-11H2,1H3,(H2,20,22). The molecule has 3 N–H and O–H groups in total. The van der Waals surface area contributed by atoms with Gasteiger partial charge in [0.05, 0.1) is 6.04 Å². The maximum Gasteiger partial charge on any atom is 0.338 e. The normalized spacial score (nSPS) is 22.5. The van der Waals surface area contributed by atoms with Gasteiger partial charge in [0.1, 0.15) is 5.75 Å². The van der Waals surface area contributed by atoms with E-state index in [4.69, 9.17) is 10.5 Å². The Morgan fingerprint density at radius 3 is 2.67 bits per heavy atom. The molecule has 0 aliphatic heterocycles. The zero-order valence-corrected chi connectivity index (χ0v) is 13.3. The zero-order chi connectivity index (χ0) is 17.3. The molecule has 24 heavy (non-hydrogen) atoms. The maximum absolute atomic E-state index is 13.7. The van der Waals surface area contributed by atoms with Crippen LogP contribution in [0.1, 0.15) is 25.3 Å². The highest BCUT2D eigenvalue weighted by molar-refractivity contribution is 5.71. The Labute approximate surface area is 139 Å². The molecule has 0 aromatic heterocycles. The molecule has 1 saturated carbocycles. The molecule has 1 aliphatic rings. The minimum Gasteiger partial charge on any atom is -0.454 e. The minimum absolute atomic E-state index is 0.168. The molecular weight excluding hydrogens is 311 g/mol. The number of hydroxylamine groups is 2. The summed E-state index contributed by atoms with van der Waals surface area (Å²) in [4.78, 5) is 11.0. The Kier molecular flexibility index (Phi) is 4.15. The molecule has 6 heteroatoms. The molecule has 0 heterocycles. The van der Waals surface area contributed by atoms with Crippen LogP contribution in [0.5, 0.6) is 11.5 Å². The number of nitrogens with two attached hydrogens (primary N) is 1. The minimum atomic E-state index is -0.848. The molecule has 0 saturated heterocycles. The van der Waals surface area contributed by atoms with Crippen LogP contribution in [0.4, 0.5) is 9.18 Å². The molecule has 0 bridgehead atoms. The number of benzene rings is 2. The Morgan fingerprint density at radius 2 is 2.00 bits per heavy atom. The quantitative estimate of drug-likeness (QED) is 0.661. The van der Waals surface area contributed by atoms with Crippen molar-refractivity contribution in [2.75, 3.05) is 0 Å². The van der Waals surface area contributed by atoms with Crippen LogP contribution in [0.15, 0.2) is 48.5 Å². The first kappa shape index (κ1) is 16.3. The average molecular weight is 330 g/mol. The van der Waals surface area contributed by atoms with Crippen LogP contribution in [-0.4, -0.2) is 22.3 Å². The number of ether oxygens (including phenoxy) is 1. The number of nitrogens with zero attached hydrogens (tertiary/aromatic N) is 1. The van der Waals surface area contributed by atoms with Crippen molar-refractivity contribution in [3.8, 4) is 11.5 Å². The summed E-state index contributed by atoms with van der Waals surface area (Å²) in [5.74, 6) is 0.287. The Hall–Kier alpha value is -2.60. The molecule has 0 spiro atoms. The van der Waals surface area contributed by atoms with E-state index in [1.807, 2.05) is 25.1 Å². The molecule has 2 aromatic carbocycles. The molecule has 0 unspecified atom stereocenters. The lowest BCUT2D eigenvalue weighted by atomic mass is 9.63. The first-order valence-corrected chi connectivity index (χ1v) is 7.69. The molecule has 0 atom stereocenters. The lowest BCUT2D eigenvalue weighted by Crippen LogP contribution is -2.54. The van der Waals surface area contributed by atoms with E-state index in [0.29, 0.717) is 23.7 Å². The van der Waals surface area contributed by atoms with Gasteiger partial charge in [0, 0.05) is 0 Å². The lowest BCUT2D eigenvalue weighted by molar-refractivity contribution is -0.115. The number of para-hydroxylation sites is 1. The number of hydrogen-bond acceptors (Lipinski definition) is 3. The number of urea groups is 1. The lowest BCUT2D eigenvalue weighted by Gasteiger charge is -2.47. The van der Waals surface area contributed by atoms with E-state index < -0.39 is 11.8 Å². The fourth-order valence-electron chi connectivity index (χ4n) is 3.16. The topological polar surface area (TPSA) is 75.8 Å². The molecule has 2 amide bonds. The Balaban J connectivity index is 1.75. The molecule has 1 fully saturated rings. The fourth-order valence-corrected chi connectivity index (χ4v) is 3.16. The van der Waals surface area contributed by atoms with Crippen molar-refractivity contribution in [2.45, 2.75) is 31.2 Å². The average Bonchev–Trinajstić information content (AvgIpc) is 2.53. The van der Waals surface area contributed by atoms with E-state index in [0.717, 1.165) is 5.56 Å². The molecule has 3 rings (SSSR count). The van der Waals surface area contributed by atoms with E-state index in [1.54, 1.807) is 24.3 Å². The zero-order valence-electron chi connectivity index (χ0n) is 13.3. The van der Waals surface area contributed by atoms with Gasteiger partial charge in [0.25, 0.3) is 0 Å². The highest BCUT2D eigenvalue weighted by atomic mass is 19.1. The van der Waals surface area contributed by atoms with E-state index in [-0.39, 0.29) is 17.2 Å². The van der Waals surface area contributed by atoms with Crippen molar-refractivity contribution in [2.24, 2.45) is 5.73 Å². The Morgan fingerprint density at radius 1 is 1.29 bits per heavy atom. The summed E-state index contributed by atoms with van der Waals surface area (Å²) in [6.45, 7) is 2.04. The summed E-state index contributed by atoms with van der Waals surface area (Å²) in [6.07, 6.45) is 1.19. The van der Waals surface area contributed by atoms with E-state index in [1.165, 1.54) is 6.07 Å². The third-order valence-electron chi connectivity index (χ3n) is 4.54. The first-order chi connectivity index (χ1) is 11.4. The van der Waals surface area contributed by atoms with Gasteiger partial charge in [-0.15, -0.1) is 0 Å². The number of halogens is 1. The van der Waals surface area contributed by atoms with E-state index in [2.05, 4.69) is 0 Å². The van der Waals surface area contributed by atoms with Gasteiger partial charge in [0.15, 0.2) is 11.6 Å². The van der Waals surface area contributed by atoms with E-state index >= 15 is 0 Å². The van der Waals surface area contributed by atoms with Crippen molar-refractivity contribution in [1.29, 1.82) is 0 Å². The first-order valence-electron chi connectivity index (χ1n) is 7.69. The monoisotopic (exact) mass is 330 g/mol. The number of primary amides is 1. The second-order valence-corrected chi connectivity index (χ2v) is 6.37. The van der Waals surface area contributed by atoms with Gasteiger partial charge in [-0.3, -0.25) is 5.21 Å². The van der Waals surface area contributed by atoms with Crippen LogP contribution in [0, 0.1) is 5.82 Å². The summed E-state index contributed by atoms with van der Waals surface area (Å²) in [6, 6.07) is 12.5. The molecule has 5 nitrogen and oxygen atoms in total. The van der Waals surface area contributed by atoms with Crippen LogP contribution in [0.2, 0.25) is 0 Å². The van der Waals surface area contributed by atoms with Crippen molar-refractivity contribution >= 4 is 6.03 Å². The number of hydrogen-bond donors (Lipinski definition) is 2. The summed E-state index contributed by atoms with van der Waals surface area (Å²) in [5, 5.41) is 10.2. The SMILES string of the molecule is CC1(c2cccc(Oc3ccccc3F)c2)CC(N(O)C(N)=O)C1. The summed E-state index contributed by atoms with van der Waals surface area (Å²) < 4.78 is 19.3. The van der Waals surface area contributed by atoms with Crippen LogP contribution < -0.4 is 10.5 Å².